The summed E-state index contributed by atoms with van der Waals surface area (Å²) in [4.78, 5) is 0. The monoisotopic (exact) mass is 330 g/mol. The highest BCUT2D eigenvalue weighted by atomic mass is 79.9. The van der Waals surface area contributed by atoms with Crippen LogP contribution in [0.5, 0.6) is 0 Å². The first-order valence-electron chi connectivity index (χ1n) is 6.46. The molecule has 0 atom stereocenters. The van der Waals surface area contributed by atoms with E-state index < -0.39 is 5.82 Å². The highest BCUT2D eigenvalue weighted by Gasteiger charge is 2.13. The Morgan fingerprint density at radius 1 is 1.15 bits per heavy atom. The van der Waals surface area contributed by atoms with Crippen LogP contribution in [0.2, 0.25) is 0 Å². The average Bonchev–Trinajstić information content (AvgIpc) is 2.92. The zero-order valence-corrected chi connectivity index (χ0v) is 12.3. The Labute approximate surface area is 125 Å². The van der Waals surface area contributed by atoms with Crippen molar-refractivity contribution in [1.82, 2.24) is 0 Å². The van der Waals surface area contributed by atoms with E-state index in [9.17, 15) is 4.39 Å². The minimum absolute atomic E-state index is 0.200. The van der Waals surface area contributed by atoms with E-state index in [0.717, 1.165) is 18.5 Å². The van der Waals surface area contributed by atoms with E-state index in [1.807, 2.05) is 12.1 Å². The fourth-order valence-corrected chi connectivity index (χ4v) is 2.97. The minimum atomic E-state index is -0.440. The number of nitriles is 1. The number of hydrogen-bond donors (Lipinski definition) is 1. The van der Waals surface area contributed by atoms with Crippen LogP contribution in [0.1, 0.15) is 23.1 Å². The third-order valence-electron chi connectivity index (χ3n) is 3.58. The summed E-state index contributed by atoms with van der Waals surface area (Å²) in [5.41, 5.74) is 4.26. The quantitative estimate of drug-likeness (QED) is 0.866. The summed E-state index contributed by atoms with van der Waals surface area (Å²) >= 11 is 3.12. The number of nitrogens with zero attached hydrogens (tertiary/aromatic N) is 1. The van der Waals surface area contributed by atoms with Gasteiger partial charge in [-0.05, 0) is 70.6 Å². The van der Waals surface area contributed by atoms with E-state index in [1.165, 1.54) is 17.5 Å². The summed E-state index contributed by atoms with van der Waals surface area (Å²) in [6, 6.07) is 11.3. The second kappa shape index (κ2) is 5.26. The Kier molecular flexibility index (Phi) is 3.45. The van der Waals surface area contributed by atoms with Crippen LogP contribution in [0.25, 0.3) is 0 Å². The van der Waals surface area contributed by atoms with Gasteiger partial charge >= 0.3 is 0 Å². The molecule has 0 fully saturated rings. The molecule has 0 bridgehead atoms. The maximum Gasteiger partial charge on any atom is 0.162 e. The van der Waals surface area contributed by atoms with Crippen LogP contribution in [0.3, 0.4) is 0 Å². The summed E-state index contributed by atoms with van der Waals surface area (Å²) in [6.07, 6.45) is 3.41. The van der Waals surface area contributed by atoms with Gasteiger partial charge in [0.15, 0.2) is 5.82 Å². The van der Waals surface area contributed by atoms with E-state index in [4.69, 9.17) is 5.26 Å². The molecule has 4 heteroatoms. The number of aryl methyl sites for hydroxylation is 2. The fraction of sp³-hybridized carbons (Fsp3) is 0.188. The van der Waals surface area contributed by atoms with Gasteiger partial charge in [-0.25, -0.2) is 4.39 Å². The van der Waals surface area contributed by atoms with Gasteiger partial charge in [-0.2, -0.15) is 5.26 Å². The van der Waals surface area contributed by atoms with Crippen molar-refractivity contribution in [1.29, 1.82) is 5.26 Å². The van der Waals surface area contributed by atoms with Crippen LogP contribution in [-0.2, 0) is 12.8 Å². The van der Waals surface area contributed by atoms with Crippen LogP contribution in [-0.4, -0.2) is 0 Å². The van der Waals surface area contributed by atoms with E-state index in [0.29, 0.717) is 11.3 Å². The lowest BCUT2D eigenvalue weighted by Gasteiger charge is -2.11. The normalized spacial score (nSPS) is 12.8. The molecule has 20 heavy (non-hydrogen) atoms. The van der Waals surface area contributed by atoms with E-state index in [2.05, 4.69) is 33.4 Å². The number of fused-ring (bicyclic) bond motifs is 1. The molecule has 2 aromatic rings. The molecular weight excluding hydrogens is 319 g/mol. The molecule has 2 aromatic carbocycles. The first kappa shape index (κ1) is 13.1. The molecule has 1 aliphatic rings. The molecule has 0 saturated carbocycles. The van der Waals surface area contributed by atoms with E-state index in [-0.39, 0.29) is 4.47 Å². The van der Waals surface area contributed by atoms with Gasteiger partial charge in [0, 0.05) is 5.69 Å². The Morgan fingerprint density at radius 3 is 2.75 bits per heavy atom. The number of rotatable bonds is 2. The summed E-state index contributed by atoms with van der Waals surface area (Å²) in [6.45, 7) is 0. The van der Waals surface area contributed by atoms with Crippen molar-refractivity contribution in [3.8, 4) is 6.07 Å². The summed E-state index contributed by atoms with van der Waals surface area (Å²) < 4.78 is 14.3. The Morgan fingerprint density at radius 2 is 1.95 bits per heavy atom. The molecule has 0 unspecified atom stereocenters. The SMILES string of the molecule is N#Cc1ccc(Nc2ccc3c(c2)CCC3)c(F)c1Br. The van der Waals surface area contributed by atoms with Crippen LogP contribution in [0.4, 0.5) is 15.8 Å². The number of halogens is 2. The molecule has 0 aliphatic heterocycles. The molecule has 0 saturated heterocycles. The van der Waals surface area contributed by atoms with Gasteiger partial charge in [0.25, 0.3) is 0 Å². The van der Waals surface area contributed by atoms with E-state index in [1.54, 1.807) is 12.1 Å². The van der Waals surface area contributed by atoms with Gasteiger partial charge in [0.05, 0.1) is 15.7 Å². The fourth-order valence-electron chi connectivity index (χ4n) is 2.54. The molecular formula is C16H12BrFN2. The summed E-state index contributed by atoms with van der Waals surface area (Å²) in [5.74, 6) is -0.440. The Balaban J connectivity index is 1.92. The first-order valence-corrected chi connectivity index (χ1v) is 7.25. The lowest BCUT2D eigenvalue weighted by molar-refractivity contribution is 0.624. The van der Waals surface area contributed by atoms with Crippen LogP contribution in [0, 0.1) is 17.1 Å². The van der Waals surface area contributed by atoms with Crippen molar-refractivity contribution in [2.24, 2.45) is 0 Å². The van der Waals surface area contributed by atoms with Crippen molar-refractivity contribution in [3.05, 3.63) is 57.3 Å². The third-order valence-corrected chi connectivity index (χ3v) is 4.36. The number of nitrogens with one attached hydrogen (secondary N) is 1. The van der Waals surface area contributed by atoms with Gasteiger partial charge < -0.3 is 5.32 Å². The largest absolute Gasteiger partial charge is 0.353 e. The van der Waals surface area contributed by atoms with Gasteiger partial charge in [-0.3, -0.25) is 0 Å². The number of benzene rings is 2. The lowest BCUT2D eigenvalue weighted by atomic mass is 10.1. The predicted octanol–water partition coefficient (Wildman–Crippen LogP) is 4.69. The molecule has 2 nitrogen and oxygen atoms in total. The van der Waals surface area contributed by atoms with Crippen molar-refractivity contribution < 1.29 is 4.39 Å². The average molecular weight is 331 g/mol. The second-order valence-electron chi connectivity index (χ2n) is 4.86. The summed E-state index contributed by atoms with van der Waals surface area (Å²) in [7, 11) is 0. The van der Waals surface area contributed by atoms with Crippen molar-refractivity contribution in [3.63, 3.8) is 0 Å². The molecule has 1 N–H and O–H groups in total. The zero-order valence-electron chi connectivity index (χ0n) is 10.7. The topological polar surface area (TPSA) is 35.8 Å². The van der Waals surface area contributed by atoms with Crippen LogP contribution in [0.15, 0.2) is 34.8 Å². The standard InChI is InChI=1S/C16H12BrFN2/c17-15-12(9-19)5-7-14(16(15)18)20-13-6-4-10-2-1-3-11(10)8-13/h4-8,20H,1-3H2. The third kappa shape index (κ3) is 2.30. The van der Waals surface area contributed by atoms with Crippen molar-refractivity contribution >= 4 is 27.3 Å². The number of anilines is 2. The Hall–Kier alpha value is -1.86. The summed E-state index contributed by atoms with van der Waals surface area (Å²) in [5, 5.41) is 11.9. The van der Waals surface area contributed by atoms with Crippen LogP contribution < -0.4 is 5.32 Å². The smallest absolute Gasteiger partial charge is 0.162 e. The molecule has 0 radical (unpaired) electrons. The predicted molar refractivity (Wildman–Crippen MR) is 80.6 cm³/mol. The maximum atomic E-state index is 14.1. The second-order valence-corrected chi connectivity index (χ2v) is 5.66. The molecule has 3 rings (SSSR count). The zero-order chi connectivity index (χ0) is 14.1. The van der Waals surface area contributed by atoms with Crippen LogP contribution >= 0.6 is 15.9 Å². The maximum absolute atomic E-state index is 14.1. The Bertz CT molecular complexity index is 719. The lowest BCUT2D eigenvalue weighted by Crippen LogP contribution is -1.97. The van der Waals surface area contributed by atoms with Gasteiger partial charge in [-0.1, -0.05) is 6.07 Å². The van der Waals surface area contributed by atoms with Gasteiger partial charge in [0.2, 0.25) is 0 Å². The molecule has 0 spiro atoms. The highest BCUT2D eigenvalue weighted by molar-refractivity contribution is 9.10. The molecule has 0 amide bonds. The van der Waals surface area contributed by atoms with Crippen molar-refractivity contribution in [2.45, 2.75) is 19.3 Å². The van der Waals surface area contributed by atoms with E-state index >= 15 is 0 Å². The highest BCUT2D eigenvalue weighted by Crippen LogP contribution is 2.30. The van der Waals surface area contributed by atoms with Gasteiger partial charge in [-0.15, -0.1) is 0 Å². The molecule has 1 aliphatic carbocycles. The molecule has 0 heterocycles. The minimum Gasteiger partial charge on any atom is -0.353 e. The van der Waals surface area contributed by atoms with Crippen molar-refractivity contribution in [2.75, 3.05) is 5.32 Å². The molecule has 0 aromatic heterocycles. The molecule has 100 valence electrons. The first-order chi connectivity index (χ1) is 9.69. The number of hydrogen-bond acceptors (Lipinski definition) is 2. The van der Waals surface area contributed by atoms with Gasteiger partial charge in [0.1, 0.15) is 6.07 Å².